The van der Waals surface area contributed by atoms with Gasteiger partial charge < -0.3 is 4.40 Å². The van der Waals surface area contributed by atoms with Crippen LogP contribution < -0.4 is 0 Å². The topological polar surface area (TPSA) is 17.3 Å². The maximum Gasteiger partial charge on any atom is 0.136 e. The zero-order valence-corrected chi connectivity index (χ0v) is 6.77. The second-order valence-corrected chi connectivity index (χ2v) is 3.39. The van der Waals surface area contributed by atoms with Gasteiger partial charge in [0.1, 0.15) is 5.65 Å². The van der Waals surface area contributed by atoms with E-state index in [-0.39, 0.29) is 0 Å². The van der Waals surface area contributed by atoms with Gasteiger partial charge in [0.15, 0.2) is 0 Å². The first-order chi connectivity index (χ1) is 5.95. The predicted molar refractivity (Wildman–Crippen MR) is 47.2 cm³/mol. The average molecular weight is 158 g/mol. The fraction of sp³-hybridized carbons (Fsp3) is 0.300. The fourth-order valence-corrected chi connectivity index (χ4v) is 1.63. The second kappa shape index (κ2) is 2.09. The molecule has 1 aliphatic rings. The maximum absolute atomic E-state index is 4.34. The summed E-state index contributed by atoms with van der Waals surface area (Å²) in [7, 11) is 0. The van der Waals surface area contributed by atoms with Crippen molar-refractivity contribution in [2.24, 2.45) is 0 Å². The molecule has 1 fully saturated rings. The van der Waals surface area contributed by atoms with Crippen molar-refractivity contribution in [1.82, 2.24) is 9.38 Å². The molecule has 0 atom stereocenters. The Labute approximate surface area is 70.9 Å². The van der Waals surface area contributed by atoms with E-state index in [0.29, 0.717) is 0 Å². The molecule has 0 amide bonds. The highest BCUT2D eigenvalue weighted by Gasteiger charge is 2.26. The van der Waals surface area contributed by atoms with Crippen LogP contribution in [-0.4, -0.2) is 9.38 Å². The normalized spacial score (nSPS) is 17.0. The van der Waals surface area contributed by atoms with Crippen LogP contribution in [0.1, 0.15) is 24.5 Å². The molecule has 1 saturated carbocycles. The molecular weight excluding hydrogens is 148 g/mol. The highest BCUT2D eigenvalue weighted by molar-refractivity contribution is 5.41. The molecule has 12 heavy (non-hydrogen) atoms. The Hall–Kier alpha value is -1.31. The number of aromatic nitrogens is 2. The van der Waals surface area contributed by atoms with Crippen LogP contribution >= 0.6 is 0 Å². The third-order valence-electron chi connectivity index (χ3n) is 2.44. The minimum atomic E-state index is 0.780. The van der Waals surface area contributed by atoms with E-state index in [0.717, 1.165) is 11.6 Å². The van der Waals surface area contributed by atoms with Crippen molar-refractivity contribution in [2.45, 2.75) is 18.8 Å². The fourth-order valence-electron chi connectivity index (χ4n) is 1.63. The number of imidazole rings is 1. The van der Waals surface area contributed by atoms with Crippen LogP contribution in [0.3, 0.4) is 0 Å². The van der Waals surface area contributed by atoms with Gasteiger partial charge in [0.2, 0.25) is 0 Å². The SMILES string of the molecule is c1ccn2c(C3CC3)cnc2c1. The third-order valence-corrected chi connectivity index (χ3v) is 2.44. The second-order valence-electron chi connectivity index (χ2n) is 3.39. The molecule has 2 heterocycles. The number of rotatable bonds is 1. The van der Waals surface area contributed by atoms with Crippen LogP contribution in [0, 0.1) is 0 Å². The number of hydrogen-bond acceptors (Lipinski definition) is 1. The zero-order valence-electron chi connectivity index (χ0n) is 6.77. The van der Waals surface area contributed by atoms with E-state index in [1.165, 1.54) is 18.5 Å². The molecule has 0 radical (unpaired) electrons. The Bertz CT molecular complexity index is 412. The summed E-state index contributed by atoms with van der Waals surface area (Å²) in [5.74, 6) is 0.780. The zero-order chi connectivity index (χ0) is 7.97. The van der Waals surface area contributed by atoms with Gasteiger partial charge in [0, 0.05) is 24.0 Å². The van der Waals surface area contributed by atoms with Crippen molar-refractivity contribution >= 4 is 5.65 Å². The lowest BCUT2D eigenvalue weighted by molar-refractivity contribution is 0.983. The highest BCUT2D eigenvalue weighted by atomic mass is 15.0. The number of nitrogens with zero attached hydrogens (tertiary/aromatic N) is 2. The van der Waals surface area contributed by atoms with Gasteiger partial charge in [-0.25, -0.2) is 4.98 Å². The lowest BCUT2D eigenvalue weighted by Crippen LogP contribution is -1.88. The summed E-state index contributed by atoms with van der Waals surface area (Å²) in [5, 5.41) is 0. The van der Waals surface area contributed by atoms with Crippen molar-refractivity contribution in [1.29, 1.82) is 0 Å². The molecule has 3 rings (SSSR count). The first-order valence-electron chi connectivity index (χ1n) is 4.37. The van der Waals surface area contributed by atoms with Crippen molar-refractivity contribution in [3.05, 3.63) is 36.3 Å². The summed E-state index contributed by atoms with van der Waals surface area (Å²) < 4.78 is 2.19. The first-order valence-corrected chi connectivity index (χ1v) is 4.37. The van der Waals surface area contributed by atoms with Gasteiger partial charge >= 0.3 is 0 Å². The van der Waals surface area contributed by atoms with Crippen molar-refractivity contribution in [3.8, 4) is 0 Å². The van der Waals surface area contributed by atoms with Crippen LogP contribution in [0.5, 0.6) is 0 Å². The molecule has 0 unspecified atom stereocenters. The predicted octanol–water partition coefficient (Wildman–Crippen LogP) is 2.21. The Morgan fingerprint density at radius 1 is 1.33 bits per heavy atom. The molecule has 0 saturated heterocycles. The first kappa shape index (κ1) is 6.23. The van der Waals surface area contributed by atoms with Crippen LogP contribution in [0.4, 0.5) is 0 Å². The summed E-state index contributed by atoms with van der Waals surface area (Å²) in [6, 6.07) is 6.13. The minimum Gasteiger partial charge on any atom is -0.304 e. The van der Waals surface area contributed by atoms with E-state index in [9.17, 15) is 0 Å². The average Bonchev–Trinajstić information content (AvgIpc) is 2.86. The van der Waals surface area contributed by atoms with Gasteiger partial charge in [-0.2, -0.15) is 0 Å². The smallest absolute Gasteiger partial charge is 0.136 e. The molecule has 1 aliphatic carbocycles. The highest BCUT2D eigenvalue weighted by Crippen LogP contribution is 2.39. The molecule has 0 spiro atoms. The van der Waals surface area contributed by atoms with E-state index < -0.39 is 0 Å². The van der Waals surface area contributed by atoms with Gasteiger partial charge in [-0.1, -0.05) is 6.07 Å². The van der Waals surface area contributed by atoms with E-state index >= 15 is 0 Å². The Morgan fingerprint density at radius 2 is 2.25 bits per heavy atom. The third kappa shape index (κ3) is 0.779. The van der Waals surface area contributed by atoms with E-state index in [1.807, 2.05) is 18.3 Å². The molecule has 2 aromatic rings. The monoisotopic (exact) mass is 158 g/mol. The largest absolute Gasteiger partial charge is 0.304 e. The summed E-state index contributed by atoms with van der Waals surface area (Å²) in [4.78, 5) is 4.34. The van der Waals surface area contributed by atoms with E-state index in [2.05, 4.69) is 21.6 Å². The van der Waals surface area contributed by atoms with Gasteiger partial charge in [-0.15, -0.1) is 0 Å². The minimum absolute atomic E-state index is 0.780. The van der Waals surface area contributed by atoms with E-state index in [4.69, 9.17) is 0 Å². The Morgan fingerprint density at radius 3 is 3.08 bits per heavy atom. The number of pyridine rings is 1. The molecule has 0 aliphatic heterocycles. The maximum atomic E-state index is 4.34. The lowest BCUT2D eigenvalue weighted by Gasteiger charge is -1.96. The van der Waals surface area contributed by atoms with Crippen LogP contribution in [0.25, 0.3) is 5.65 Å². The summed E-state index contributed by atoms with van der Waals surface area (Å²) >= 11 is 0. The summed E-state index contributed by atoms with van der Waals surface area (Å²) in [6.07, 6.45) is 6.77. The van der Waals surface area contributed by atoms with Crippen molar-refractivity contribution in [3.63, 3.8) is 0 Å². The Kier molecular flexibility index (Phi) is 1.09. The summed E-state index contributed by atoms with van der Waals surface area (Å²) in [5.41, 5.74) is 2.45. The van der Waals surface area contributed by atoms with Gasteiger partial charge in [-0.3, -0.25) is 0 Å². The number of fused-ring (bicyclic) bond motifs is 1. The lowest BCUT2D eigenvalue weighted by atomic mass is 10.3. The molecule has 0 aromatic carbocycles. The molecular formula is C10H10N2. The molecule has 0 N–H and O–H groups in total. The molecule has 60 valence electrons. The Balaban J connectivity index is 2.30. The van der Waals surface area contributed by atoms with E-state index in [1.54, 1.807) is 0 Å². The number of hydrogen-bond donors (Lipinski definition) is 0. The van der Waals surface area contributed by atoms with Gasteiger partial charge in [-0.05, 0) is 25.0 Å². The molecule has 0 bridgehead atoms. The van der Waals surface area contributed by atoms with Crippen LogP contribution in [-0.2, 0) is 0 Å². The van der Waals surface area contributed by atoms with Crippen molar-refractivity contribution in [2.75, 3.05) is 0 Å². The summed E-state index contributed by atoms with van der Waals surface area (Å²) in [6.45, 7) is 0. The standard InChI is InChI=1S/C10H10N2/c1-2-6-12-9(8-4-5-8)7-11-10(12)3-1/h1-3,6-8H,4-5H2. The quantitative estimate of drug-likeness (QED) is 0.622. The van der Waals surface area contributed by atoms with Gasteiger partial charge in [0.25, 0.3) is 0 Å². The van der Waals surface area contributed by atoms with Crippen molar-refractivity contribution < 1.29 is 0 Å². The van der Waals surface area contributed by atoms with Crippen LogP contribution in [0.15, 0.2) is 30.6 Å². The van der Waals surface area contributed by atoms with Crippen LogP contribution in [0.2, 0.25) is 0 Å². The molecule has 2 nitrogen and oxygen atoms in total. The molecule has 2 heteroatoms. The molecule has 2 aromatic heterocycles. The van der Waals surface area contributed by atoms with Gasteiger partial charge in [0.05, 0.1) is 0 Å².